The fourth-order valence-electron chi connectivity index (χ4n) is 2.74. The molecule has 1 aromatic carbocycles. The van der Waals surface area contributed by atoms with E-state index >= 15 is 0 Å². The molecule has 0 radical (unpaired) electrons. The molecule has 1 unspecified atom stereocenters. The van der Waals surface area contributed by atoms with Crippen LogP contribution < -0.4 is 5.32 Å². The Morgan fingerprint density at radius 3 is 2.50 bits per heavy atom. The fourth-order valence-corrected chi connectivity index (χ4v) is 3.44. The van der Waals surface area contributed by atoms with E-state index in [-0.39, 0.29) is 0 Å². The summed E-state index contributed by atoms with van der Waals surface area (Å²) in [6.45, 7) is 7.91. The summed E-state index contributed by atoms with van der Waals surface area (Å²) in [6, 6.07) is 7.68. The molecule has 2 rings (SSSR count). The van der Waals surface area contributed by atoms with Gasteiger partial charge in [-0.3, -0.25) is 0 Å². The van der Waals surface area contributed by atoms with Gasteiger partial charge in [0.25, 0.3) is 0 Å². The van der Waals surface area contributed by atoms with Gasteiger partial charge in [-0.15, -0.1) is 0 Å². The second-order valence-electron chi connectivity index (χ2n) is 6.37. The highest BCUT2D eigenvalue weighted by atomic mass is 32.2. The van der Waals surface area contributed by atoms with E-state index in [0.717, 1.165) is 28.3 Å². The lowest BCUT2D eigenvalue weighted by Crippen LogP contribution is -2.31. The molecule has 0 aliphatic heterocycles. The molecule has 0 bridgehead atoms. The zero-order valence-corrected chi connectivity index (χ0v) is 16.7. The number of carbonyl (C=O) groups is 1. The van der Waals surface area contributed by atoms with Crippen LogP contribution in [0.3, 0.4) is 0 Å². The van der Waals surface area contributed by atoms with Gasteiger partial charge in [0.1, 0.15) is 17.7 Å². The molecular formula is C20H27N3O2S. The normalized spacial score (nSPS) is 12.0. The van der Waals surface area contributed by atoms with Gasteiger partial charge in [0.15, 0.2) is 0 Å². The van der Waals surface area contributed by atoms with Crippen molar-refractivity contribution in [3.05, 3.63) is 52.5 Å². The summed E-state index contributed by atoms with van der Waals surface area (Å²) < 4.78 is 0. The Labute approximate surface area is 159 Å². The van der Waals surface area contributed by atoms with Gasteiger partial charge in [-0.05, 0) is 44.3 Å². The van der Waals surface area contributed by atoms with Crippen LogP contribution in [-0.4, -0.2) is 38.6 Å². The van der Waals surface area contributed by atoms with Crippen LogP contribution >= 0.6 is 11.8 Å². The van der Waals surface area contributed by atoms with Crippen LogP contribution in [0.1, 0.15) is 41.6 Å². The van der Waals surface area contributed by atoms with Gasteiger partial charge in [-0.2, -0.15) is 11.8 Å². The van der Waals surface area contributed by atoms with Crippen molar-refractivity contribution in [3.8, 4) is 0 Å². The highest BCUT2D eigenvalue weighted by molar-refractivity contribution is 7.99. The van der Waals surface area contributed by atoms with Crippen molar-refractivity contribution in [2.75, 3.05) is 16.8 Å². The van der Waals surface area contributed by atoms with Crippen molar-refractivity contribution in [2.24, 2.45) is 0 Å². The first-order valence-electron chi connectivity index (χ1n) is 8.87. The quantitative estimate of drug-likeness (QED) is 0.647. The van der Waals surface area contributed by atoms with Crippen molar-refractivity contribution >= 4 is 23.5 Å². The van der Waals surface area contributed by atoms with Crippen LogP contribution in [0.5, 0.6) is 0 Å². The molecule has 26 heavy (non-hydrogen) atoms. The summed E-state index contributed by atoms with van der Waals surface area (Å²) in [7, 11) is 0. The van der Waals surface area contributed by atoms with Crippen LogP contribution in [0.2, 0.25) is 0 Å². The number of rotatable bonds is 9. The minimum atomic E-state index is -0.850. The van der Waals surface area contributed by atoms with Gasteiger partial charge in [-0.25, -0.2) is 14.8 Å². The number of benzene rings is 1. The number of aliphatic carboxylic acids is 1. The molecule has 0 spiro atoms. The second-order valence-corrected chi connectivity index (χ2v) is 7.76. The summed E-state index contributed by atoms with van der Waals surface area (Å²) in [4.78, 5) is 20.6. The van der Waals surface area contributed by atoms with Crippen LogP contribution in [0.4, 0.5) is 5.82 Å². The summed E-state index contributed by atoms with van der Waals surface area (Å²) in [5.74, 6) is 2.21. The van der Waals surface area contributed by atoms with E-state index in [4.69, 9.17) is 0 Å². The van der Waals surface area contributed by atoms with Crippen LogP contribution in [0.25, 0.3) is 0 Å². The first kappa shape index (κ1) is 20.2. The van der Waals surface area contributed by atoms with Gasteiger partial charge < -0.3 is 10.4 Å². The lowest BCUT2D eigenvalue weighted by molar-refractivity contribution is -0.137. The number of aryl methyl sites for hydroxylation is 3. The molecule has 1 aromatic heterocycles. The minimum Gasteiger partial charge on any atom is -0.480 e. The molecule has 2 N–H and O–H groups in total. The summed E-state index contributed by atoms with van der Waals surface area (Å²) in [5.41, 5.74) is 4.20. The van der Waals surface area contributed by atoms with Crippen LogP contribution in [0, 0.1) is 20.8 Å². The van der Waals surface area contributed by atoms with Gasteiger partial charge >= 0.3 is 5.97 Å². The van der Waals surface area contributed by atoms with E-state index in [1.54, 1.807) is 11.8 Å². The Bertz CT molecular complexity index is 747. The number of hydrogen-bond acceptors (Lipinski definition) is 5. The third-order valence-corrected chi connectivity index (χ3v) is 5.12. The predicted molar refractivity (Wildman–Crippen MR) is 108 cm³/mol. The predicted octanol–water partition coefficient (Wildman–Crippen LogP) is 4.00. The third kappa shape index (κ3) is 5.73. The van der Waals surface area contributed by atoms with Gasteiger partial charge in [0.2, 0.25) is 0 Å². The Hall–Kier alpha value is -2.08. The number of carboxylic acid groups (broad SMARTS) is 1. The molecule has 1 atom stereocenters. The summed E-state index contributed by atoms with van der Waals surface area (Å²) in [6.07, 6.45) is 1.23. The standard InChI is InChI=1S/C20H27N3O2S/c1-5-26-11-10-18(20(24)25)23-19-17(14(3)21-15(4)22-19)12-16-8-6-13(2)7-9-16/h6-9,18H,5,10-12H2,1-4H3,(H,24,25)(H,21,22,23). The highest BCUT2D eigenvalue weighted by Crippen LogP contribution is 2.22. The number of nitrogens with one attached hydrogen (secondary N) is 1. The van der Waals surface area contributed by atoms with Gasteiger partial charge in [-0.1, -0.05) is 36.8 Å². The summed E-state index contributed by atoms with van der Waals surface area (Å²) in [5, 5.41) is 12.7. The molecule has 2 aromatic rings. The van der Waals surface area contributed by atoms with E-state index < -0.39 is 12.0 Å². The molecule has 1 heterocycles. The number of hydrogen-bond donors (Lipinski definition) is 2. The maximum absolute atomic E-state index is 11.7. The van der Waals surface area contributed by atoms with Gasteiger partial charge in [0, 0.05) is 17.7 Å². The average Bonchev–Trinajstić information content (AvgIpc) is 2.58. The maximum atomic E-state index is 11.7. The lowest BCUT2D eigenvalue weighted by atomic mass is 10.0. The van der Waals surface area contributed by atoms with Gasteiger partial charge in [0.05, 0.1) is 0 Å². The van der Waals surface area contributed by atoms with E-state index in [9.17, 15) is 9.90 Å². The van der Waals surface area contributed by atoms with Crippen molar-refractivity contribution in [1.29, 1.82) is 0 Å². The Balaban J connectivity index is 2.27. The third-order valence-electron chi connectivity index (χ3n) is 4.19. The molecule has 0 aliphatic rings. The minimum absolute atomic E-state index is 0.555. The molecule has 0 amide bonds. The molecule has 0 aliphatic carbocycles. The fraction of sp³-hybridized carbons (Fsp3) is 0.450. The first-order chi connectivity index (χ1) is 12.4. The molecular weight excluding hydrogens is 346 g/mol. The maximum Gasteiger partial charge on any atom is 0.326 e. The molecule has 140 valence electrons. The monoisotopic (exact) mass is 373 g/mol. The second kappa shape index (κ2) is 9.57. The van der Waals surface area contributed by atoms with Crippen LogP contribution in [-0.2, 0) is 11.2 Å². The van der Waals surface area contributed by atoms with E-state index in [1.807, 2.05) is 13.8 Å². The first-order valence-corrected chi connectivity index (χ1v) is 10.0. The number of anilines is 1. The Morgan fingerprint density at radius 2 is 1.88 bits per heavy atom. The molecule has 0 saturated heterocycles. The van der Waals surface area contributed by atoms with Crippen molar-refractivity contribution in [3.63, 3.8) is 0 Å². The smallest absolute Gasteiger partial charge is 0.326 e. The number of thioether (sulfide) groups is 1. The lowest BCUT2D eigenvalue weighted by Gasteiger charge is -2.19. The SMILES string of the molecule is CCSCCC(Nc1nc(C)nc(C)c1Cc1ccc(C)cc1)C(=O)O. The van der Waals surface area contributed by atoms with E-state index in [0.29, 0.717) is 24.5 Å². The molecule has 0 fully saturated rings. The number of carboxylic acids is 1. The van der Waals surface area contributed by atoms with Crippen LogP contribution in [0.15, 0.2) is 24.3 Å². The van der Waals surface area contributed by atoms with E-state index in [1.165, 1.54) is 5.56 Å². The Kier molecular flexibility index (Phi) is 7.45. The van der Waals surface area contributed by atoms with E-state index in [2.05, 4.69) is 53.4 Å². The molecule has 5 nitrogen and oxygen atoms in total. The zero-order valence-electron chi connectivity index (χ0n) is 15.9. The zero-order chi connectivity index (χ0) is 19.1. The molecule has 0 saturated carbocycles. The average molecular weight is 374 g/mol. The van der Waals surface area contributed by atoms with Crippen molar-refractivity contribution < 1.29 is 9.90 Å². The number of aromatic nitrogens is 2. The number of nitrogens with zero attached hydrogens (tertiary/aromatic N) is 2. The summed E-state index contributed by atoms with van der Waals surface area (Å²) >= 11 is 1.74. The van der Waals surface area contributed by atoms with Crippen molar-refractivity contribution in [1.82, 2.24) is 9.97 Å². The van der Waals surface area contributed by atoms with Crippen molar-refractivity contribution in [2.45, 2.75) is 46.6 Å². The highest BCUT2D eigenvalue weighted by Gasteiger charge is 2.20. The Morgan fingerprint density at radius 1 is 1.19 bits per heavy atom. The molecule has 6 heteroatoms. The topological polar surface area (TPSA) is 75.1 Å². The largest absolute Gasteiger partial charge is 0.480 e.